The van der Waals surface area contributed by atoms with Crippen molar-refractivity contribution in [2.45, 2.75) is 33.2 Å². The molecule has 1 aromatic rings. The Morgan fingerprint density at radius 1 is 1.41 bits per heavy atom. The molecule has 32 heavy (non-hydrogen) atoms. The SMILES string of the molecule is C=CC=CC1=C(C)S(=O)(=O)CCN(c2cc(NCCCN)c(=CC=CCl)c(=CC)n2)C1C. The van der Waals surface area contributed by atoms with Crippen LogP contribution in [0.15, 0.2) is 53.0 Å². The van der Waals surface area contributed by atoms with Gasteiger partial charge in [-0.3, -0.25) is 0 Å². The third-order valence-corrected chi connectivity index (χ3v) is 7.51. The van der Waals surface area contributed by atoms with E-state index in [-0.39, 0.29) is 11.8 Å². The van der Waals surface area contributed by atoms with Crippen LogP contribution in [-0.2, 0) is 9.84 Å². The number of hydrogen-bond acceptors (Lipinski definition) is 6. The number of nitrogens with two attached hydrogens (primary N) is 1. The van der Waals surface area contributed by atoms with E-state index in [2.05, 4.69) is 11.9 Å². The third kappa shape index (κ3) is 6.12. The highest BCUT2D eigenvalue weighted by molar-refractivity contribution is 7.95. The fraction of sp³-hybridized carbons (Fsp3) is 0.375. The lowest BCUT2D eigenvalue weighted by Crippen LogP contribution is -2.40. The molecule has 2 rings (SSSR count). The van der Waals surface area contributed by atoms with Gasteiger partial charge in [0.1, 0.15) is 5.82 Å². The van der Waals surface area contributed by atoms with Crippen LogP contribution in [0.2, 0.25) is 0 Å². The van der Waals surface area contributed by atoms with E-state index in [1.807, 2.05) is 43.0 Å². The first-order valence-corrected chi connectivity index (χ1v) is 12.8. The first-order valence-electron chi connectivity index (χ1n) is 10.7. The Hall–Kier alpha value is -2.35. The van der Waals surface area contributed by atoms with Gasteiger partial charge in [0.25, 0.3) is 0 Å². The van der Waals surface area contributed by atoms with Crippen LogP contribution >= 0.6 is 11.6 Å². The van der Waals surface area contributed by atoms with Crippen molar-refractivity contribution in [1.29, 1.82) is 0 Å². The van der Waals surface area contributed by atoms with Gasteiger partial charge in [-0.2, -0.15) is 0 Å². The number of aromatic nitrogens is 1. The van der Waals surface area contributed by atoms with Gasteiger partial charge < -0.3 is 16.0 Å². The van der Waals surface area contributed by atoms with Gasteiger partial charge in [0.2, 0.25) is 0 Å². The number of hydrogen-bond donors (Lipinski definition) is 2. The topological polar surface area (TPSA) is 88.3 Å². The van der Waals surface area contributed by atoms with Gasteiger partial charge in [-0.25, -0.2) is 13.4 Å². The van der Waals surface area contributed by atoms with Crippen molar-refractivity contribution in [2.75, 3.05) is 35.6 Å². The van der Waals surface area contributed by atoms with Crippen molar-refractivity contribution >= 4 is 45.1 Å². The van der Waals surface area contributed by atoms with Crippen LogP contribution in [-0.4, -0.2) is 44.8 Å². The average Bonchev–Trinajstić information content (AvgIpc) is 2.85. The molecule has 0 saturated heterocycles. The molecular formula is C24H33ClN4O2S. The van der Waals surface area contributed by atoms with Crippen molar-refractivity contribution in [3.8, 4) is 0 Å². The minimum Gasteiger partial charge on any atom is -0.384 e. The highest BCUT2D eigenvalue weighted by atomic mass is 35.5. The van der Waals surface area contributed by atoms with Gasteiger partial charge in [-0.15, -0.1) is 0 Å². The second-order valence-corrected chi connectivity index (χ2v) is 9.97. The largest absolute Gasteiger partial charge is 0.384 e. The molecule has 1 atom stereocenters. The summed E-state index contributed by atoms with van der Waals surface area (Å²) in [5.41, 5.74) is 8.75. The fourth-order valence-electron chi connectivity index (χ4n) is 3.66. The molecule has 0 fully saturated rings. The lowest BCUT2D eigenvalue weighted by molar-refractivity contribution is 0.601. The van der Waals surface area contributed by atoms with Crippen molar-refractivity contribution in [3.05, 3.63) is 63.5 Å². The Morgan fingerprint density at radius 2 is 2.16 bits per heavy atom. The molecule has 174 valence electrons. The van der Waals surface area contributed by atoms with E-state index in [0.29, 0.717) is 30.4 Å². The highest BCUT2D eigenvalue weighted by Gasteiger charge is 2.30. The summed E-state index contributed by atoms with van der Waals surface area (Å²) >= 11 is 5.75. The van der Waals surface area contributed by atoms with Crippen molar-refractivity contribution in [3.63, 3.8) is 0 Å². The van der Waals surface area contributed by atoms with Gasteiger partial charge >= 0.3 is 0 Å². The number of halogens is 1. The Bertz CT molecular complexity index is 1140. The number of rotatable bonds is 8. The monoisotopic (exact) mass is 476 g/mol. The number of nitrogens with one attached hydrogen (secondary N) is 1. The Balaban J connectivity index is 2.69. The standard InChI is InChI=1S/C24H33ClN4O2S/c1-5-7-10-20-18(3)29(15-16-32(30,31)19(20)4)24-17-23(27-14-9-13-26)21(11-8-12-25)22(6-2)28-24/h5-8,10-12,17-18,27H,1,9,13-16,26H2,2-4H3. The number of sulfone groups is 1. The lowest BCUT2D eigenvalue weighted by Gasteiger charge is -2.30. The lowest BCUT2D eigenvalue weighted by atomic mass is 10.1. The molecule has 0 bridgehead atoms. The summed E-state index contributed by atoms with van der Waals surface area (Å²) in [7, 11) is -3.36. The fourth-order valence-corrected chi connectivity index (χ4v) is 5.07. The normalized spacial score (nSPS) is 20.4. The maximum Gasteiger partial charge on any atom is 0.176 e. The zero-order valence-electron chi connectivity index (χ0n) is 19.0. The predicted octanol–water partition coefficient (Wildman–Crippen LogP) is 2.82. The molecule has 0 amide bonds. The number of allylic oxidation sites excluding steroid dienone is 4. The molecule has 1 aliphatic rings. The van der Waals surface area contributed by atoms with E-state index in [1.165, 1.54) is 5.54 Å². The summed E-state index contributed by atoms with van der Waals surface area (Å²) in [4.78, 5) is 7.31. The van der Waals surface area contributed by atoms with Gasteiger partial charge in [-0.05, 0) is 45.4 Å². The van der Waals surface area contributed by atoms with Gasteiger partial charge in [-0.1, -0.05) is 48.6 Å². The molecule has 0 aromatic carbocycles. The third-order valence-electron chi connectivity index (χ3n) is 5.48. The second kappa shape index (κ2) is 12.0. The van der Waals surface area contributed by atoms with E-state index < -0.39 is 9.84 Å². The number of pyridine rings is 1. The molecule has 6 nitrogen and oxygen atoms in total. The number of nitrogens with zero attached hydrogens (tertiary/aromatic N) is 2. The van der Waals surface area contributed by atoms with E-state index in [1.54, 1.807) is 25.2 Å². The first kappa shape index (κ1) is 25.9. The zero-order chi connectivity index (χ0) is 23.7. The van der Waals surface area contributed by atoms with Crippen LogP contribution in [0, 0.1) is 0 Å². The summed E-state index contributed by atoms with van der Waals surface area (Å²) in [5.74, 6) is 0.738. The summed E-state index contributed by atoms with van der Waals surface area (Å²) < 4.78 is 25.6. The van der Waals surface area contributed by atoms with Crippen molar-refractivity contribution < 1.29 is 8.42 Å². The minimum absolute atomic E-state index is 0.0280. The second-order valence-electron chi connectivity index (χ2n) is 7.46. The molecule has 1 aromatic heterocycles. The molecule has 0 saturated carbocycles. The molecule has 1 unspecified atom stereocenters. The molecule has 8 heteroatoms. The van der Waals surface area contributed by atoms with Crippen LogP contribution in [0.3, 0.4) is 0 Å². The Kier molecular flexibility index (Phi) is 9.75. The molecule has 0 spiro atoms. The van der Waals surface area contributed by atoms with E-state index in [0.717, 1.165) is 28.2 Å². The van der Waals surface area contributed by atoms with Crippen LogP contribution in [0.5, 0.6) is 0 Å². The zero-order valence-corrected chi connectivity index (χ0v) is 20.6. The molecule has 1 aliphatic heterocycles. The first-order chi connectivity index (χ1) is 15.3. The van der Waals surface area contributed by atoms with E-state index >= 15 is 0 Å². The maximum absolute atomic E-state index is 12.8. The average molecular weight is 477 g/mol. The van der Waals surface area contributed by atoms with Crippen LogP contribution in [0.4, 0.5) is 11.5 Å². The van der Waals surface area contributed by atoms with Gasteiger partial charge in [0.05, 0.1) is 17.1 Å². The van der Waals surface area contributed by atoms with Crippen molar-refractivity contribution in [1.82, 2.24) is 4.98 Å². The van der Waals surface area contributed by atoms with Crippen LogP contribution < -0.4 is 26.5 Å². The van der Waals surface area contributed by atoms with Gasteiger partial charge in [0, 0.05) is 40.5 Å². The summed E-state index contributed by atoms with van der Waals surface area (Å²) in [6, 6.07) is 1.78. The molecular weight excluding hydrogens is 444 g/mol. The van der Waals surface area contributed by atoms with Crippen molar-refractivity contribution in [2.24, 2.45) is 5.73 Å². The van der Waals surface area contributed by atoms with E-state index in [9.17, 15) is 8.42 Å². The predicted molar refractivity (Wildman–Crippen MR) is 138 cm³/mol. The summed E-state index contributed by atoms with van der Waals surface area (Å²) in [6.07, 6.45) is 11.7. The highest BCUT2D eigenvalue weighted by Crippen LogP contribution is 2.28. The van der Waals surface area contributed by atoms with Crippen LogP contribution in [0.1, 0.15) is 27.2 Å². The van der Waals surface area contributed by atoms with E-state index in [4.69, 9.17) is 22.3 Å². The van der Waals surface area contributed by atoms with Gasteiger partial charge in [0.15, 0.2) is 9.84 Å². The minimum atomic E-state index is -3.36. The number of anilines is 2. The molecule has 0 radical (unpaired) electrons. The smallest absolute Gasteiger partial charge is 0.176 e. The Labute approximate surface area is 196 Å². The Morgan fingerprint density at radius 3 is 2.78 bits per heavy atom. The maximum atomic E-state index is 12.8. The summed E-state index contributed by atoms with van der Waals surface area (Å²) in [6.45, 7) is 11.0. The molecule has 2 heterocycles. The molecule has 3 N–H and O–H groups in total. The van der Waals surface area contributed by atoms with Crippen LogP contribution in [0.25, 0.3) is 12.2 Å². The quantitative estimate of drug-likeness (QED) is 0.443. The molecule has 0 aliphatic carbocycles. The summed E-state index contributed by atoms with van der Waals surface area (Å²) in [5, 5.41) is 5.15.